The molecule has 0 radical (unpaired) electrons. The molecule has 1 heterocycles. The van der Waals surface area contributed by atoms with Gasteiger partial charge in [0.05, 0.1) is 5.02 Å². The molecule has 18 heavy (non-hydrogen) atoms. The maximum atomic E-state index is 13.0. The van der Waals surface area contributed by atoms with Gasteiger partial charge in [-0.25, -0.2) is 9.37 Å². The number of hydrogen-bond donors (Lipinski definition) is 0. The lowest BCUT2D eigenvalue weighted by atomic mass is 10.3. The third-order valence-corrected chi connectivity index (χ3v) is 2.99. The fourth-order valence-corrected chi connectivity index (χ4v) is 1.81. The summed E-state index contributed by atoms with van der Waals surface area (Å²) in [6.07, 6.45) is 1.55. The van der Waals surface area contributed by atoms with Crippen LogP contribution in [0.5, 0.6) is 11.6 Å². The van der Waals surface area contributed by atoms with Gasteiger partial charge >= 0.3 is 0 Å². The van der Waals surface area contributed by atoms with E-state index in [1.54, 1.807) is 12.3 Å². The Balaban J connectivity index is 2.25. The fourth-order valence-electron chi connectivity index (χ4n) is 1.27. The Morgan fingerprint density at radius 3 is 2.56 bits per heavy atom. The summed E-state index contributed by atoms with van der Waals surface area (Å²) >= 11 is 17.3. The molecule has 0 spiro atoms. The predicted molar refractivity (Wildman–Crippen MR) is 70.3 cm³/mol. The van der Waals surface area contributed by atoms with E-state index >= 15 is 0 Å². The number of nitrogens with zero attached hydrogens (tertiary/aromatic N) is 1. The molecule has 2 aromatic rings. The largest absolute Gasteiger partial charge is 0.437 e. The monoisotopic (exact) mass is 305 g/mol. The molecule has 1 aromatic heterocycles. The molecule has 6 heteroatoms. The van der Waals surface area contributed by atoms with E-state index in [1.165, 1.54) is 18.2 Å². The Hall–Kier alpha value is -1.03. The summed E-state index contributed by atoms with van der Waals surface area (Å²) in [6, 6.07) is 5.65. The third kappa shape index (κ3) is 3.05. The average molecular weight is 307 g/mol. The summed E-state index contributed by atoms with van der Waals surface area (Å²) in [5, 5.41) is 0.301. The summed E-state index contributed by atoms with van der Waals surface area (Å²) in [5.41, 5.74) is 0.783. The van der Waals surface area contributed by atoms with Crippen LogP contribution in [0.15, 0.2) is 30.5 Å². The molecule has 0 bridgehead atoms. The van der Waals surface area contributed by atoms with Crippen molar-refractivity contribution in [2.45, 2.75) is 5.88 Å². The minimum Gasteiger partial charge on any atom is -0.437 e. The molecule has 1 aromatic carbocycles. The van der Waals surface area contributed by atoms with E-state index in [9.17, 15) is 4.39 Å². The van der Waals surface area contributed by atoms with Crippen LogP contribution in [0.1, 0.15) is 5.56 Å². The van der Waals surface area contributed by atoms with Gasteiger partial charge in [-0.2, -0.15) is 0 Å². The number of pyridine rings is 1. The molecule has 2 nitrogen and oxygen atoms in total. The van der Waals surface area contributed by atoms with E-state index in [2.05, 4.69) is 4.98 Å². The first-order chi connectivity index (χ1) is 8.60. The molecular weight excluding hydrogens is 299 g/mol. The molecule has 0 amide bonds. The maximum absolute atomic E-state index is 13.0. The number of halogens is 4. The van der Waals surface area contributed by atoms with E-state index in [0.29, 0.717) is 16.7 Å². The molecule has 0 fully saturated rings. The number of rotatable bonds is 3. The molecule has 0 saturated carbocycles. The topological polar surface area (TPSA) is 22.1 Å². The Labute approximate surface area is 118 Å². The molecule has 0 atom stereocenters. The van der Waals surface area contributed by atoms with E-state index in [-0.39, 0.29) is 10.9 Å². The van der Waals surface area contributed by atoms with Gasteiger partial charge in [0.1, 0.15) is 16.6 Å². The van der Waals surface area contributed by atoms with Gasteiger partial charge in [0.2, 0.25) is 5.88 Å². The van der Waals surface area contributed by atoms with Crippen LogP contribution in [0.4, 0.5) is 4.39 Å². The summed E-state index contributed by atoms with van der Waals surface area (Å²) in [7, 11) is 0. The van der Waals surface area contributed by atoms with Crippen molar-refractivity contribution in [3.05, 3.63) is 51.9 Å². The van der Waals surface area contributed by atoms with Crippen LogP contribution in [0, 0.1) is 5.82 Å². The van der Waals surface area contributed by atoms with Crippen molar-refractivity contribution in [2.24, 2.45) is 0 Å². The first-order valence-corrected chi connectivity index (χ1v) is 6.22. The Kier molecular flexibility index (Phi) is 4.27. The van der Waals surface area contributed by atoms with Crippen LogP contribution in [-0.4, -0.2) is 4.98 Å². The Morgan fingerprint density at radius 1 is 1.17 bits per heavy atom. The highest BCUT2D eigenvalue weighted by Crippen LogP contribution is 2.30. The van der Waals surface area contributed by atoms with Gasteiger partial charge in [-0.1, -0.05) is 23.2 Å². The second kappa shape index (κ2) is 5.74. The number of hydrogen-bond acceptors (Lipinski definition) is 2. The molecule has 0 unspecified atom stereocenters. The van der Waals surface area contributed by atoms with Gasteiger partial charge in [-0.05, 0) is 23.8 Å². The molecule has 0 aliphatic heterocycles. The predicted octanol–water partition coefficient (Wildman–Crippen LogP) is 5.06. The van der Waals surface area contributed by atoms with Crippen LogP contribution < -0.4 is 4.74 Å². The lowest BCUT2D eigenvalue weighted by Gasteiger charge is -2.07. The van der Waals surface area contributed by atoms with Crippen molar-refractivity contribution in [2.75, 3.05) is 0 Å². The normalized spacial score (nSPS) is 10.4. The quantitative estimate of drug-likeness (QED) is 0.740. The van der Waals surface area contributed by atoms with Gasteiger partial charge in [0, 0.05) is 18.1 Å². The molecule has 0 aliphatic carbocycles. The van der Waals surface area contributed by atoms with Crippen molar-refractivity contribution in [3.63, 3.8) is 0 Å². The summed E-state index contributed by atoms with van der Waals surface area (Å²) < 4.78 is 18.4. The molecule has 2 rings (SSSR count). The highest BCUT2D eigenvalue weighted by Gasteiger charge is 2.08. The van der Waals surface area contributed by atoms with Crippen molar-refractivity contribution >= 4 is 34.8 Å². The molecular formula is C12H7Cl3FNO. The van der Waals surface area contributed by atoms with Crippen LogP contribution in [-0.2, 0) is 5.88 Å². The fraction of sp³-hybridized carbons (Fsp3) is 0.0833. The van der Waals surface area contributed by atoms with Crippen LogP contribution in [0.2, 0.25) is 10.0 Å². The summed E-state index contributed by atoms with van der Waals surface area (Å²) in [5.74, 6) is 0.373. The lowest BCUT2D eigenvalue weighted by Crippen LogP contribution is -1.91. The molecule has 0 aliphatic rings. The van der Waals surface area contributed by atoms with Crippen molar-refractivity contribution in [1.82, 2.24) is 4.98 Å². The van der Waals surface area contributed by atoms with Crippen molar-refractivity contribution in [3.8, 4) is 11.6 Å². The zero-order valence-corrected chi connectivity index (χ0v) is 11.2. The smallest absolute Gasteiger partial charge is 0.238 e. The van der Waals surface area contributed by atoms with E-state index in [0.717, 1.165) is 5.56 Å². The Bertz CT molecular complexity index is 577. The molecule has 0 N–H and O–H groups in total. The van der Waals surface area contributed by atoms with Gasteiger partial charge in [0.25, 0.3) is 0 Å². The van der Waals surface area contributed by atoms with Crippen LogP contribution in [0.25, 0.3) is 0 Å². The first-order valence-electron chi connectivity index (χ1n) is 4.93. The second-order valence-electron chi connectivity index (χ2n) is 3.44. The summed E-state index contributed by atoms with van der Waals surface area (Å²) in [6.45, 7) is 0. The van der Waals surface area contributed by atoms with E-state index < -0.39 is 5.82 Å². The molecule has 94 valence electrons. The van der Waals surface area contributed by atoms with E-state index in [1.807, 2.05) is 0 Å². The zero-order valence-electron chi connectivity index (χ0n) is 8.96. The Morgan fingerprint density at radius 2 is 1.94 bits per heavy atom. The third-order valence-electron chi connectivity index (χ3n) is 2.12. The highest BCUT2D eigenvalue weighted by molar-refractivity contribution is 6.32. The zero-order chi connectivity index (χ0) is 13.1. The van der Waals surface area contributed by atoms with Gasteiger partial charge in [0.15, 0.2) is 0 Å². The van der Waals surface area contributed by atoms with Crippen molar-refractivity contribution < 1.29 is 9.13 Å². The average Bonchev–Trinajstić information content (AvgIpc) is 2.36. The molecule has 0 saturated heterocycles. The second-order valence-corrected chi connectivity index (χ2v) is 4.52. The SMILES string of the molecule is Fc1ccc(Oc2ncc(CCl)cc2Cl)cc1Cl. The first kappa shape index (κ1) is 13.4. The number of ether oxygens (including phenoxy) is 1. The van der Waals surface area contributed by atoms with E-state index in [4.69, 9.17) is 39.5 Å². The lowest BCUT2D eigenvalue weighted by molar-refractivity contribution is 0.461. The standard InChI is InChI=1S/C12H7Cl3FNO/c13-5-7-3-10(15)12(17-6-7)18-8-1-2-11(16)9(14)4-8/h1-4,6H,5H2. The van der Waals surface area contributed by atoms with Crippen LogP contribution in [0.3, 0.4) is 0 Å². The van der Waals surface area contributed by atoms with Gasteiger partial charge < -0.3 is 4.74 Å². The van der Waals surface area contributed by atoms with Gasteiger partial charge in [-0.15, -0.1) is 11.6 Å². The minimum absolute atomic E-state index is 0.0269. The number of aromatic nitrogens is 1. The van der Waals surface area contributed by atoms with Crippen molar-refractivity contribution in [1.29, 1.82) is 0 Å². The maximum Gasteiger partial charge on any atom is 0.238 e. The van der Waals surface area contributed by atoms with Gasteiger partial charge in [-0.3, -0.25) is 0 Å². The van der Waals surface area contributed by atoms with Crippen LogP contribution >= 0.6 is 34.8 Å². The number of alkyl halides is 1. The summed E-state index contributed by atoms with van der Waals surface area (Å²) in [4.78, 5) is 4.02. The highest BCUT2D eigenvalue weighted by atomic mass is 35.5. The minimum atomic E-state index is -0.513. The number of benzene rings is 1.